The predicted molar refractivity (Wildman–Crippen MR) is 142 cm³/mol. The lowest BCUT2D eigenvalue weighted by Crippen LogP contribution is -2.34. The third-order valence-corrected chi connectivity index (χ3v) is 6.97. The first-order valence-corrected chi connectivity index (χ1v) is 13.6. The lowest BCUT2D eigenvalue weighted by Gasteiger charge is -2.18. The third kappa shape index (κ3) is 10.7. The van der Waals surface area contributed by atoms with Crippen LogP contribution in [0.4, 0.5) is 17.1 Å². The van der Waals surface area contributed by atoms with Crippen LogP contribution in [-0.2, 0) is 28.9 Å². The Hall–Kier alpha value is -3.45. The topological polar surface area (TPSA) is 187 Å². The first-order chi connectivity index (χ1) is 18.7. The van der Waals surface area contributed by atoms with Gasteiger partial charge in [-0.3, -0.25) is 10.1 Å². The summed E-state index contributed by atoms with van der Waals surface area (Å²) in [6.07, 6.45) is 2.12. The van der Waals surface area contributed by atoms with E-state index >= 15 is 0 Å². The number of nitrogens with one attached hydrogen (secondary N) is 1. The fourth-order valence-electron chi connectivity index (χ4n) is 2.93. The highest BCUT2D eigenvalue weighted by Gasteiger charge is 2.16. The van der Waals surface area contributed by atoms with Gasteiger partial charge in [-0.25, -0.2) is 23.4 Å². The van der Waals surface area contributed by atoms with Gasteiger partial charge in [-0.2, -0.15) is 0 Å². The smallest absolute Gasteiger partial charge is 0.297 e. The second-order valence-corrected chi connectivity index (χ2v) is 9.84. The lowest BCUT2D eigenvalue weighted by molar-refractivity contribution is -0.432. The molecule has 0 amide bonds. The van der Waals surface area contributed by atoms with Gasteiger partial charge < -0.3 is 14.4 Å². The van der Waals surface area contributed by atoms with E-state index in [1.807, 2.05) is 13.8 Å². The summed E-state index contributed by atoms with van der Waals surface area (Å²) >= 11 is 0.549. The predicted octanol–water partition coefficient (Wildman–Crippen LogP) is 4.55. The highest BCUT2D eigenvalue weighted by atomic mass is 32.2. The van der Waals surface area contributed by atoms with Crippen LogP contribution in [0, 0.1) is 10.1 Å². The summed E-state index contributed by atoms with van der Waals surface area (Å²) in [7, 11) is -2.33. The normalized spacial score (nSPS) is 12.5. The van der Waals surface area contributed by atoms with Crippen LogP contribution in [0.5, 0.6) is 0 Å². The fourth-order valence-corrected chi connectivity index (χ4v) is 4.35. The molecule has 0 fully saturated rings. The molecule has 0 saturated heterocycles. The van der Waals surface area contributed by atoms with E-state index in [1.165, 1.54) is 43.5 Å². The summed E-state index contributed by atoms with van der Waals surface area (Å²) in [6.45, 7) is 6.58. The molecule has 0 bridgehead atoms. The molecule has 2 aromatic rings. The van der Waals surface area contributed by atoms with Crippen molar-refractivity contribution in [3.05, 3.63) is 64.7 Å². The van der Waals surface area contributed by atoms with Crippen LogP contribution in [0.15, 0.2) is 79.6 Å². The number of nitrogens with zero attached hydrogens (tertiary/aromatic N) is 5. The van der Waals surface area contributed by atoms with E-state index in [0.29, 0.717) is 30.8 Å². The Morgan fingerprint density at radius 2 is 1.92 bits per heavy atom. The van der Waals surface area contributed by atoms with Crippen LogP contribution >= 0.6 is 12.0 Å². The maximum absolute atomic E-state index is 12.5. The van der Waals surface area contributed by atoms with Gasteiger partial charge in [0.2, 0.25) is 10.0 Å². The monoisotopic (exact) mass is 584 g/mol. The number of hydrogen-bond acceptors (Lipinski definition) is 14. The molecule has 0 unspecified atom stereocenters. The van der Waals surface area contributed by atoms with Crippen LogP contribution in [0.1, 0.15) is 13.8 Å². The van der Waals surface area contributed by atoms with Gasteiger partial charge in [-0.1, -0.05) is 18.9 Å². The zero-order valence-corrected chi connectivity index (χ0v) is 22.9. The summed E-state index contributed by atoms with van der Waals surface area (Å²) in [5.74, 6) is -0.178. The lowest BCUT2D eigenvalue weighted by atomic mass is 10.3. The van der Waals surface area contributed by atoms with Gasteiger partial charge in [0, 0.05) is 24.1 Å². The van der Waals surface area contributed by atoms with Crippen molar-refractivity contribution >= 4 is 45.5 Å². The number of nitro benzene ring substituents is 1. The first kappa shape index (κ1) is 31.8. The highest BCUT2D eigenvalue weighted by molar-refractivity contribution is 7.94. The van der Waals surface area contributed by atoms with Crippen molar-refractivity contribution in [1.82, 2.24) is 9.62 Å². The van der Waals surface area contributed by atoms with Crippen LogP contribution in [0.3, 0.4) is 0 Å². The molecule has 2 aromatic carbocycles. The second-order valence-electron chi connectivity index (χ2n) is 7.30. The first-order valence-electron chi connectivity index (χ1n) is 11.3. The molecule has 0 aliphatic carbocycles. The summed E-state index contributed by atoms with van der Waals surface area (Å²) in [4.78, 5) is 17.2. The van der Waals surface area contributed by atoms with E-state index in [0.717, 1.165) is 31.8 Å². The molecule has 17 heteroatoms. The van der Waals surface area contributed by atoms with Crippen molar-refractivity contribution in [3.8, 4) is 0 Å². The van der Waals surface area contributed by atoms with Gasteiger partial charge in [0.1, 0.15) is 6.26 Å². The molecule has 0 aliphatic rings. The maximum atomic E-state index is 12.5. The second kappa shape index (κ2) is 16.5. The molecule has 0 atom stereocenters. The van der Waals surface area contributed by atoms with Gasteiger partial charge in [-0.15, -0.1) is 14.6 Å². The molecule has 0 spiro atoms. The maximum Gasteiger partial charge on any atom is 0.297 e. The van der Waals surface area contributed by atoms with Crippen LogP contribution < -0.4 is 4.72 Å². The number of rotatable bonds is 17. The molecule has 212 valence electrons. The van der Waals surface area contributed by atoms with E-state index in [2.05, 4.69) is 34.2 Å². The van der Waals surface area contributed by atoms with Crippen molar-refractivity contribution in [2.45, 2.75) is 23.6 Å². The minimum absolute atomic E-state index is 0.0946. The average Bonchev–Trinajstić information content (AvgIpc) is 2.93. The number of nitro groups is 1. The number of methoxy groups -OCH3 is 1. The van der Waals surface area contributed by atoms with Crippen LogP contribution in [0.25, 0.3) is 0 Å². The van der Waals surface area contributed by atoms with E-state index < -0.39 is 20.6 Å². The van der Waals surface area contributed by atoms with E-state index in [9.17, 15) is 18.5 Å². The molecule has 39 heavy (non-hydrogen) atoms. The highest BCUT2D eigenvalue weighted by Crippen LogP contribution is 2.33. The minimum atomic E-state index is -3.67. The van der Waals surface area contributed by atoms with Crippen molar-refractivity contribution < 1.29 is 37.4 Å². The molecule has 2 rings (SSSR count). The zero-order chi connectivity index (χ0) is 28.7. The molecule has 15 nitrogen and oxygen atoms in total. The van der Waals surface area contributed by atoms with Crippen molar-refractivity contribution in [1.29, 1.82) is 0 Å². The molecule has 2 N–H and O–H groups in total. The number of aliphatic imine (C=N–C) groups is 1. The Morgan fingerprint density at radius 3 is 2.54 bits per heavy atom. The molecule has 0 saturated carbocycles. The van der Waals surface area contributed by atoms with Gasteiger partial charge in [0.05, 0.1) is 34.7 Å². The van der Waals surface area contributed by atoms with Crippen molar-refractivity contribution in [3.63, 3.8) is 0 Å². The Morgan fingerprint density at radius 1 is 1.21 bits per heavy atom. The van der Waals surface area contributed by atoms with E-state index in [4.69, 9.17) is 14.7 Å². The molecular weight excluding hydrogens is 556 g/mol. The Kier molecular flexibility index (Phi) is 13.4. The number of azo groups is 1. The van der Waals surface area contributed by atoms with E-state index in [1.54, 1.807) is 0 Å². The largest absolute Gasteiger partial charge is 0.499 e. The Bertz CT molecular complexity index is 1270. The molecule has 0 radical (unpaired) electrons. The minimum Gasteiger partial charge on any atom is -0.499 e. The zero-order valence-electron chi connectivity index (χ0n) is 21.3. The molecule has 0 aliphatic heterocycles. The van der Waals surface area contributed by atoms with E-state index in [-0.39, 0.29) is 21.4 Å². The van der Waals surface area contributed by atoms with Crippen molar-refractivity contribution in [2.24, 2.45) is 15.2 Å². The summed E-state index contributed by atoms with van der Waals surface area (Å²) in [6, 6.07) is 9.69. The molecule has 0 heterocycles. The third-order valence-electron chi connectivity index (χ3n) is 4.92. The Labute approximate surface area is 229 Å². The number of benzene rings is 2. The quantitative estimate of drug-likeness (QED) is 0.0388. The number of sulfonamides is 1. The van der Waals surface area contributed by atoms with Gasteiger partial charge >= 0.3 is 0 Å². The van der Waals surface area contributed by atoms with Crippen molar-refractivity contribution in [2.75, 3.05) is 33.3 Å². The number of likely N-dealkylation sites (N-methyl/N-ethyl adjacent to an activating group) is 1. The van der Waals surface area contributed by atoms with Gasteiger partial charge in [-0.05, 0) is 49.5 Å². The SMILES string of the molecule is CCN(CC)CCNS(=O)(=O)c1ccc(N=COC(=COC)N=Nc2ccc(SOOO)cc2[N+](=O)[O-])cc1. The summed E-state index contributed by atoms with van der Waals surface area (Å²) < 4.78 is 42.0. The van der Waals surface area contributed by atoms with Gasteiger partial charge in [0.25, 0.3) is 11.6 Å². The molecule has 0 aromatic heterocycles. The fraction of sp³-hybridized carbons (Fsp3) is 0.318. The summed E-state index contributed by atoms with van der Waals surface area (Å²) in [5, 5.41) is 30.7. The van der Waals surface area contributed by atoms with Crippen LogP contribution in [0.2, 0.25) is 0 Å². The average molecular weight is 585 g/mol. The number of ether oxygens (including phenoxy) is 2. The summed E-state index contributed by atoms with van der Waals surface area (Å²) in [5.41, 5.74) is -0.101. The Balaban J connectivity index is 2.04. The van der Waals surface area contributed by atoms with Crippen LogP contribution in [-0.4, -0.2) is 63.2 Å². The van der Waals surface area contributed by atoms with Gasteiger partial charge in [0.15, 0.2) is 12.1 Å². The standard InChI is InChI=1S/C22H28N6O9S2/c1-4-27(5-2)13-12-24-39(32,33)19-9-6-17(7-10-19)23-16-35-22(15-34-3)26-25-20-11-8-18(38-37-36-31)14-21(20)28(29)30/h6-11,14-16,24,31H,4-5,12-13H2,1-3H3. The number of hydrogen-bond donors (Lipinski definition) is 2. The molecular formula is C22H28N6O9S2.